The van der Waals surface area contributed by atoms with Crippen molar-refractivity contribution < 1.29 is 23.0 Å². The molecule has 1 aliphatic heterocycles. The number of nitrogens with zero attached hydrogens (tertiary/aromatic N) is 1. The third-order valence-corrected chi connectivity index (χ3v) is 4.40. The summed E-state index contributed by atoms with van der Waals surface area (Å²) in [6, 6.07) is 14.7. The molecule has 0 saturated carbocycles. The molecule has 3 nitrogen and oxygen atoms in total. The molecule has 1 fully saturated rings. The third-order valence-electron chi connectivity index (χ3n) is 4.40. The lowest BCUT2D eigenvalue weighted by atomic mass is 9.72. The van der Waals surface area contributed by atoms with Crippen molar-refractivity contribution in [3.05, 3.63) is 65.7 Å². The Morgan fingerprint density at radius 2 is 1.50 bits per heavy atom. The second kappa shape index (κ2) is 6.11. The van der Waals surface area contributed by atoms with Gasteiger partial charge in [0.2, 0.25) is 0 Å². The highest BCUT2D eigenvalue weighted by atomic mass is 19.4. The van der Waals surface area contributed by atoms with E-state index < -0.39 is 12.0 Å². The summed E-state index contributed by atoms with van der Waals surface area (Å²) in [6.07, 6.45) is -4.73. The molecule has 1 aliphatic rings. The average molecular weight is 337 g/mol. The van der Waals surface area contributed by atoms with Crippen molar-refractivity contribution in [3.8, 4) is 5.75 Å². The van der Waals surface area contributed by atoms with Crippen LogP contribution in [-0.2, 0) is 5.60 Å². The molecular formula is C18H18F3NO2. The summed E-state index contributed by atoms with van der Waals surface area (Å²) in [5.74, 6) is -0.327. The van der Waals surface area contributed by atoms with Crippen LogP contribution < -0.4 is 4.74 Å². The first-order valence-electron chi connectivity index (χ1n) is 7.62. The molecule has 128 valence electrons. The first kappa shape index (κ1) is 16.8. The van der Waals surface area contributed by atoms with Gasteiger partial charge in [0.25, 0.3) is 0 Å². The smallest absolute Gasteiger partial charge is 0.406 e. The normalized spacial score (nSPS) is 18.7. The minimum Gasteiger partial charge on any atom is -0.406 e. The molecule has 1 heterocycles. The van der Waals surface area contributed by atoms with E-state index in [4.69, 9.17) is 0 Å². The Kier molecular flexibility index (Phi) is 4.27. The van der Waals surface area contributed by atoms with E-state index in [9.17, 15) is 18.3 Å². The third kappa shape index (κ3) is 3.25. The van der Waals surface area contributed by atoms with Crippen LogP contribution >= 0.6 is 0 Å². The molecule has 2 aromatic carbocycles. The lowest BCUT2D eigenvalue weighted by Gasteiger charge is -2.47. The SMILES string of the molecule is CN1CC(C(O)(c2ccccc2)c2ccc(OC(F)(F)F)cc2)C1. The monoisotopic (exact) mass is 337 g/mol. The van der Waals surface area contributed by atoms with Gasteiger partial charge in [-0.05, 0) is 30.3 Å². The highest BCUT2D eigenvalue weighted by Gasteiger charge is 2.45. The van der Waals surface area contributed by atoms with Crippen LogP contribution in [0.2, 0.25) is 0 Å². The van der Waals surface area contributed by atoms with E-state index in [-0.39, 0.29) is 11.7 Å². The number of aliphatic hydroxyl groups is 1. The molecule has 1 unspecified atom stereocenters. The van der Waals surface area contributed by atoms with E-state index in [1.54, 1.807) is 0 Å². The molecule has 1 N–H and O–H groups in total. The Morgan fingerprint density at radius 1 is 0.958 bits per heavy atom. The number of likely N-dealkylation sites (tertiary alicyclic amines) is 1. The lowest BCUT2D eigenvalue weighted by molar-refractivity contribution is -0.274. The zero-order chi connectivity index (χ0) is 17.4. The Morgan fingerprint density at radius 3 is 2.00 bits per heavy atom. The van der Waals surface area contributed by atoms with E-state index >= 15 is 0 Å². The summed E-state index contributed by atoms with van der Waals surface area (Å²) in [4.78, 5) is 2.08. The van der Waals surface area contributed by atoms with Crippen LogP contribution in [0.3, 0.4) is 0 Å². The predicted molar refractivity (Wildman–Crippen MR) is 83.6 cm³/mol. The molecule has 3 rings (SSSR count). The van der Waals surface area contributed by atoms with Gasteiger partial charge in [0.05, 0.1) is 0 Å². The Labute approximate surface area is 138 Å². The number of hydrogen-bond donors (Lipinski definition) is 1. The maximum atomic E-state index is 12.3. The Hall–Kier alpha value is -2.05. The van der Waals surface area contributed by atoms with Crippen LogP contribution in [0.5, 0.6) is 5.75 Å². The fourth-order valence-corrected chi connectivity index (χ4v) is 3.20. The van der Waals surface area contributed by atoms with E-state index in [2.05, 4.69) is 9.64 Å². The van der Waals surface area contributed by atoms with E-state index in [1.165, 1.54) is 24.3 Å². The van der Waals surface area contributed by atoms with Crippen molar-refractivity contribution in [2.75, 3.05) is 20.1 Å². The Balaban J connectivity index is 1.94. The number of ether oxygens (including phenoxy) is 1. The van der Waals surface area contributed by atoms with Crippen LogP contribution in [0.4, 0.5) is 13.2 Å². The maximum absolute atomic E-state index is 12.3. The molecule has 6 heteroatoms. The van der Waals surface area contributed by atoms with Crippen LogP contribution in [0.1, 0.15) is 11.1 Å². The standard InChI is InChI=1S/C18H18F3NO2/c1-22-11-15(12-22)17(23,13-5-3-2-4-6-13)14-7-9-16(10-8-14)24-18(19,20)21/h2-10,15,23H,11-12H2,1H3. The summed E-state index contributed by atoms with van der Waals surface area (Å²) in [5.41, 5.74) is 0.0405. The highest BCUT2D eigenvalue weighted by molar-refractivity contribution is 5.40. The maximum Gasteiger partial charge on any atom is 0.573 e. The fraction of sp³-hybridized carbons (Fsp3) is 0.333. The number of benzene rings is 2. The molecule has 1 atom stereocenters. The minimum atomic E-state index is -4.73. The summed E-state index contributed by atoms with van der Waals surface area (Å²) in [5, 5.41) is 11.4. The van der Waals surface area contributed by atoms with Gasteiger partial charge in [0.1, 0.15) is 11.4 Å². The Bertz CT molecular complexity index is 682. The van der Waals surface area contributed by atoms with Crippen LogP contribution in [0.15, 0.2) is 54.6 Å². The topological polar surface area (TPSA) is 32.7 Å². The number of rotatable bonds is 4. The van der Waals surface area contributed by atoms with Gasteiger partial charge >= 0.3 is 6.36 Å². The zero-order valence-corrected chi connectivity index (χ0v) is 13.1. The first-order valence-corrected chi connectivity index (χ1v) is 7.62. The number of halogens is 3. The largest absolute Gasteiger partial charge is 0.573 e. The zero-order valence-electron chi connectivity index (χ0n) is 13.1. The average Bonchev–Trinajstić information content (AvgIpc) is 2.51. The van der Waals surface area contributed by atoms with Gasteiger partial charge in [-0.25, -0.2) is 0 Å². The molecule has 0 radical (unpaired) electrons. The molecule has 0 aliphatic carbocycles. The van der Waals surface area contributed by atoms with Gasteiger partial charge in [-0.1, -0.05) is 42.5 Å². The van der Waals surface area contributed by atoms with Crippen LogP contribution in [0, 0.1) is 5.92 Å². The van der Waals surface area contributed by atoms with Gasteiger partial charge in [-0.15, -0.1) is 13.2 Å². The van der Waals surface area contributed by atoms with E-state index in [1.807, 2.05) is 37.4 Å². The minimum absolute atomic E-state index is 0.0284. The molecule has 0 spiro atoms. The van der Waals surface area contributed by atoms with Crippen molar-refractivity contribution in [1.29, 1.82) is 0 Å². The molecule has 1 saturated heterocycles. The molecule has 0 bridgehead atoms. The van der Waals surface area contributed by atoms with Gasteiger partial charge in [0.15, 0.2) is 0 Å². The van der Waals surface area contributed by atoms with Gasteiger partial charge in [-0.3, -0.25) is 0 Å². The second-order valence-corrected chi connectivity index (χ2v) is 6.12. The fourth-order valence-electron chi connectivity index (χ4n) is 3.20. The van der Waals surface area contributed by atoms with Crippen molar-refractivity contribution in [2.24, 2.45) is 5.92 Å². The molecular weight excluding hydrogens is 319 g/mol. The first-order chi connectivity index (χ1) is 11.3. The molecule has 0 aromatic heterocycles. The summed E-state index contributed by atoms with van der Waals surface area (Å²) in [7, 11) is 1.96. The summed E-state index contributed by atoms with van der Waals surface area (Å²) in [6.45, 7) is 1.43. The van der Waals surface area contributed by atoms with E-state index in [0.717, 1.165) is 5.56 Å². The molecule has 0 amide bonds. The van der Waals surface area contributed by atoms with Crippen LogP contribution in [-0.4, -0.2) is 36.5 Å². The van der Waals surface area contributed by atoms with Crippen molar-refractivity contribution >= 4 is 0 Å². The molecule has 24 heavy (non-hydrogen) atoms. The van der Waals surface area contributed by atoms with Gasteiger partial charge < -0.3 is 14.7 Å². The van der Waals surface area contributed by atoms with Crippen molar-refractivity contribution in [2.45, 2.75) is 12.0 Å². The van der Waals surface area contributed by atoms with Gasteiger partial charge in [0, 0.05) is 19.0 Å². The predicted octanol–water partition coefficient (Wildman–Crippen LogP) is 3.38. The quantitative estimate of drug-likeness (QED) is 0.928. The second-order valence-electron chi connectivity index (χ2n) is 6.12. The highest BCUT2D eigenvalue weighted by Crippen LogP contribution is 2.41. The van der Waals surface area contributed by atoms with Crippen molar-refractivity contribution in [1.82, 2.24) is 4.90 Å². The number of hydrogen-bond acceptors (Lipinski definition) is 3. The number of alkyl halides is 3. The summed E-state index contributed by atoms with van der Waals surface area (Å²) >= 11 is 0. The van der Waals surface area contributed by atoms with Crippen molar-refractivity contribution in [3.63, 3.8) is 0 Å². The summed E-state index contributed by atoms with van der Waals surface area (Å²) < 4.78 is 40.8. The van der Waals surface area contributed by atoms with E-state index in [0.29, 0.717) is 18.7 Å². The van der Waals surface area contributed by atoms with Crippen LogP contribution in [0.25, 0.3) is 0 Å². The molecule has 2 aromatic rings. The van der Waals surface area contributed by atoms with Gasteiger partial charge in [-0.2, -0.15) is 0 Å². The lowest BCUT2D eigenvalue weighted by Crippen LogP contribution is -2.55.